The smallest absolute Gasteiger partial charge is 0.296 e. The lowest BCUT2D eigenvalue weighted by Gasteiger charge is -2.12. The predicted molar refractivity (Wildman–Crippen MR) is 127 cm³/mol. The molecule has 0 atom stereocenters. The van der Waals surface area contributed by atoms with Crippen LogP contribution in [0.3, 0.4) is 0 Å². The van der Waals surface area contributed by atoms with E-state index >= 15 is 0 Å². The number of phenols is 1. The van der Waals surface area contributed by atoms with Gasteiger partial charge in [0.25, 0.3) is 11.5 Å². The molecule has 30 heavy (non-hydrogen) atoms. The van der Waals surface area contributed by atoms with Gasteiger partial charge in [0.15, 0.2) is 4.32 Å². The number of aromatic nitrogens is 2. The van der Waals surface area contributed by atoms with Crippen molar-refractivity contribution in [2.24, 2.45) is 7.05 Å². The van der Waals surface area contributed by atoms with E-state index in [-0.39, 0.29) is 22.9 Å². The second-order valence-corrected chi connectivity index (χ2v) is 9.17. The first-order valence-corrected chi connectivity index (χ1v) is 10.9. The SMILES string of the molecule is Cc1c(N2C(=O)/C(=C/c3ccc(O)c(Br)c3)SC2=S)c(=O)n(-c2ccccc2)n1C. The molecule has 0 bridgehead atoms. The molecule has 0 aliphatic carbocycles. The third-order valence-corrected chi connectivity index (χ3v) is 6.75. The van der Waals surface area contributed by atoms with Gasteiger partial charge in [-0.05, 0) is 58.8 Å². The quantitative estimate of drug-likeness (QED) is 0.426. The van der Waals surface area contributed by atoms with E-state index in [4.69, 9.17) is 12.2 Å². The Morgan fingerprint density at radius 2 is 1.83 bits per heavy atom. The third-order valence-electron chi connectivity index (χ3n) is 4.81. The number of carbonyl (C=O) groups excluding carboxylic acids is 1. The topological polar surface area (TPSA) is 67.5 Å². The van der Waals surface area contributed by atoms with Crippen molar-refractivity contribution in [3.8, 4) is 11.4 Å². The summed E-state index contributed by atoms with van der Waals surface area (Å²) in [7, 11) is 1.77. The Kier molecular flexibility index (Phi) is 5.44. The van der Waals surface area contributed by atoms with Gasteiger partial charge < -0.3 is 5.11 Å². The number of rotatable bonds is 3. The van der Waals surface area contributed by atoms with Gasteiger partial charge in [-0.2, -0.15) is 0 Å². The largest absolute Gasteiger partial charge is 0.507 e. The van der Waals surface area contributed by atoms with Crippen molar-refractivity contribution in [1.29, 1.82) is 0 Å². The first-order chi connectivity index (χ1) is 14.3. The van der Waals surface area contributed by atoms with Crippen LogP contribution in [0.15, 0.2) is 62.7 Å². The van der Waals surface area contributed by atoms with E-state index in [1.54, 1.807) is 36.9 Å². The molecule has 1 aliphatic rings. The number of halogens is 1. The number of amides is 1. The maximum absolute atomic E-state index is 13.3. The number of para-hydroxylation sites is 1. The van der Waals surface area contributed by atoms with Gasteiger partial charge in [0, 0.05) is 7.05 Å². The molecule has 0 unspecified atom stereocenters. The Morgan fingerprint density at radius 1 is 1.13 bits per heavy atom. The lowest BCUT2D eigenvalue weighted by molar-refractivity contribution is -0.113. The van der Waals surface area contributed by atoms with Crippen LogP contribution in [-0.2, 0) is 11.8 Å². The van der Waals surface area contributed by atoms with Crippen molar-refractivity contribution < 1.29 is 9.90 Å². The summed E-state index contributed by atoms with van der Waals surface area (Å²) in [5.41, 5.74) is 2.00. The number of thiocarbonyl (C=S) groups is 1. The Morgan fingerprint density at radius 3 is 2.50 bits per heavy atom. The summed E-state index contributed by atoms with van der Waals surface area (Å²) in [5.74, 6) is -0.235. The zero-order chi connectivity index (χ0) is 21.6. The van der Waals surface area contributed by atoms with Gasteiger partial charge in [0.05, 0.1) is 20.8 Å². The number of phenolic OH excluding ortho intramolecular Hbond substituents is 1. The molecule has 1 aliphatic heterocycles. The molecule has 9 heteroatoms. The molecule has 2 heterocycles. The van der Waals surface area contributed by atoms with E-state index in [9.17, 15) is 14.7 Å². The highest BCUT2D eigenvalue weighted by Gasteiger charge is 2.37. The molecule has 1 N–H and O–H groups in total. The number of nitrogens with zero attached hydrogens (tertiary/aromatic N) is 3. The van der Waals surface area contributed by atoms with Crippen LogP contribution in [0.25, 0.3) is 11.8 Å². The van der Waals surface area contributed by atoms with Crippen LogP contribution < -0.4 is 10.5 Å². The van der Waals surface area contributed by atoms with Crippen molar-refractivity contribution >= 4 is 61.9 Å². The lowest BCUT2D eigenvalue weighted by Crippen LogP contribution is -2.33. The van der Waals surface area contributed by atoms with Crippen molar-refractivity contribution in [3.05, 3.63) is 79.5 Å². The maximum atomic E-state index is 13.3. The molecule has 1 aromatic heterocycles. The molecule has 0 spiro atoms. The first kappa shape index (κ1) is 20.6. The first-order valence-electron chi connectivity index (χ1n) is 8.90. The average Bonchev–Trinajstić information content (AvgIpc) is 3.11. The van der Waals surface area contributed by atoms with Crippen LogP contribution in [0.4, 0.5) is 5.69 Å². The minimum absolute atomic E-state index is 0.112. The molecule has 0 saturated carbocycles. The van der Waals surface area contributed by atoms with E-state index in [1.165, 1.54) is 15.6 Å². The fourth-order valence-electron chi connectivity index (χ4n) is 3.24. The lowest BCUT2D eigenvalue weighted by atomic mass is 10.2. The summed E-state index contributed by atoms with van der Waals surface area (Å²) in [6.07, 6.45) is 1.69. The van der Waals surface area contributed by atoms with Gasteiger partial charge in [-0.3, -0.25) is 19.2 Å². The van der Waals surface area contributed by atoms with Crippen LogP contribution in [0.1, 0.15) is 11.3 Å². The molecule has 0 radical (unpaired) electrons. The summed E-state index contributed by atoms with van der Waals surface area (Å²) in [6.45, 7) is 1.79. The highest BCUT2D eigenvalue weighted by atomic mass is 79.9. The monoisotopic (exact) mass is 501 g/mol. The molecule has 2 aromatic carbocycles. The minimum Gasteiger partial charge on any atom is -0.507 e. The average molecular weight is 502 g/mol. The third kappa shape index (κ3) is 3.42. The summed E-state index contributed by atoms with van der Waals surface area (Å²) in [5, 5.41) is 9.66. The number of benzene rings is 2. The molecule has 1 fully saturated rings. The number of aromatic hydroxyl groups is 1. The summed E-state index contributed by atoms with van der Waals surface area (Å²) in [6, 6.07) is 14.2. The van der Waals surface area contributed by atoms with Crippen LogP contribution in [0, 0.1) is 6.92 Å². The van der Waals surface area contributed by atoms with Crippen molar-refractivity contribution in [2.45, 2.75) is 6.92 Å². The highest BCUT2D eigenvalue weighted by molar-refractivity contribution is 9.10. The zero-order valence-electron chi connectivity index (χ0n) is 16.0. The molecule has 152 valence electrons. The van der Waals surface area contributed by atoms with Crippen LogP contribution >= 0.6 is 39.9 Å². The molecular weight excluding hydrogens is 486 g/mol. The molecule has 4 rings (SSSR count). The molecular formula is C21H16BrN3O3S2. The van der Waals surface area contributed by atoms with E-state index in [2.05, 4.69) is 15.9 Å². The van der Waals surface area contributed by atoms with E-state index in [0.717, 1.165) is 17.3 Å². The second-order valence-electron chi connectivity index (χ2n) is 6.64. The van der Waals surface area contributed by atoms with Gasteiger partial charge in [-0.25, -0.2) is 4.68 Å². The van der Waals surface area contributed by atoms with Crippen molar-refractivity contribution in [3.63, 3.8) is 0 Å². The van der Waals surface area contributed by atoms with Gasteiger partial charge in [-0.15, -0.1) is 0 Å². The Bertz CT molecular complexity index is 1280. The van der Waals surface area contributed by atoms with Gasteiger partial charge in [0.1, 0.15) is 11.4 Å². The number of hydrogen-bond acceptors (Lipinski definition) is 5. The van der Waals surface area contributed by atoms with Gasteiger partial charge >= 0.3 is 0 Å². The normalized spacial score (nSPS) is 15.4. The number of anilines is 1. The minimum atomic E-state index is -0.347. The highest BCUT2D eigenvalue weighted by Crippen LogP contribution is 2.37. The number of carbonyl (C=O) groups is 1. The molecule has 1 saturated heterocycles. The van der Waals surface area contributed by atoms with E-state index in [1.807, 2.05) is 30.3 Å². The van der Waals surface area contributed by atoms with Gasteiger partial charge in [-0.1, -0.05) is 48.2 Å². The zero-order valence-corrected chi connectivity index (χ0v) is 19.2. The Balaban J connectivity index is 1.78. The molecule has 3 aromatic rings. The standard InChI is InChI=1S/C21H16BrN3O3S2/c1-12-18(20(28)25(23(12)2)14-6-4-3-5-7-14)24-19(27)17(30-21(24)29)11-13-8-9-16(26)15(22)10-13/h3-11,26H,1-2H3/b17-11-. The Hall–Kier alpha value is -2.62. The summed E-state index contributed by atoms with van der Waals surface area (Å²) < 4.78 is 4.06. The fraction of sp³-hybridized carbons (Fsp3) is 0.0952. The van der Waals surface area contributed by atoms with Crippen molar-refractivity contribution in [1.82, 2.24) is 9.36 Å². The number of thioether (sulfide) groups is 1. The maximum Gasteiger partial charge on any atom is 0.296 e. The molecule has 6 nitrogen and oxygen atoms in total. The fourth-order valence-corrected chi connectivity index (χ4v) is 4.90. The van der Waals surface area contributed by atoms with Crippen molar-refractivity contribution in [2.75, 3.05) is 4.90 Å². The Labute approximate surface area is 190 Å². The number of hydrogen-bond donors (Lipinski definition) is 1. The van der Waals surface area contributed by atoms with Crippen LogP contribution in [0.5, 0.6) is 5.75 Å². The van der Waals surface area contributed by atoms with Crippen LogP contribution in [-0.4, -0.2) is 24.7 Å². The van der Waals surface area contributed by atoms with Crippen LogP contribution in [0.2, 0.25) is 0 Å². The van der Waals surface area contributed by atoms with E-state index < -0.39 is 0 Å². The predicted octanol–water partition coefficient (Wildman–Crippen LogP) is 4.36. The molecule has 1 amide bonds. The second kappa shape index (κ2) is 7.90. The van der Waals surface area contributed by atoms with E-state index in [0.29, 0.717) is 25.1 Å². The summed E-state index contributed by atoms with van der Waals surface area (Å²) in [4.78, 5) is 28.1. The van der Waals surface area contributed by atoms with Gasteiger partial charge in [0.2, 0.25) is 0 Å². The summed E-state index contributed by atoms with van der Waals surface area (Å²) >= 11 is 9.86.